The standard InChI is InChI=1S/C24H23F3N4O3/c1-2-34-20-9-7-19(8-10-20)30-15-17(13-22(30)32)23(33)29-21-11-12-28-31(21)14-16-3-5-18(6-4-16)24(25,26)27/h3-12,17H,2,13-15H2,1H3,(H,29,33). The summed E-state index contributed by atoms with van der Waals surface area (Å²) in [7, 11) is 0. The topological polar surface area (TPSA) is 76.5 Å². The molecule has 1 fully saturated rings. The molecular weight excluding hydrogens is 449 g/mol. The molecule has 1 unspecified atom stereocenters. The summed E-state index contributed by atoms with van der Waals surface area (Å²) in [4.78, 5) is 27.0. The maximum atomic E-state index is 12.9. The molecule has 1 aliphatic heterocycles. The molecule has 0 saturated carbocycles. The Labute approximate surface area is 194 Å². The molecule has 1 atom stereocenters. The van der Waals surface area contributed by atoms with Crippen LogP contribution < -0.4 is 15.0 Å². The molecule has 0 aliphatic carbocycles. The number of hydrogen-bond donors (Lipinski definition) is 1. The van der Waals surface area contributed by atoms with Gasteiger partial charge in [0, 0.05) is 24.7 Å². The van der Waals surface area contributed by atoms with Crippen molar-refractivity contribution in [2.45, 2.75) is 26.1 Å². The number of hydrogen-bond acceptors (Lipinski definition) is 4. The first-order valence-electron chi connectivity index (χ1n) is 10.8. The number of carbonyl (C=O) groups excluding carboxylic acids is 2. The quantitative estimate of drug-likeness (QED) is 0.555. The Morgan fingerprint density at radius 1 is 1.12 bits per heavy atom. The predicted octanol–water partition coefficient (Wildman–Crippen LogP) is 4.34. The number of halogens is 3. The number of carbonyl (C=O) groups is 2. The van der Waals surface area contributed by atoms with Gasteiger partial charge in [-0.05, 0) is 48.9 Å². The predicted molar refractivity (Wildman–Crippen MR) is 119 cm³/mol. The van der Waals surface area contributed by atoms with E-state index in [0.29, 0.717) is 29.4 Å². The molecule has 4 rings (SSSR count). The molecule has 10 heteroatoms. The molecule has 2 amide bonds. The molecular formula is C24H23F3N4O3. The Hall–Kier alpha value is -3.82. The molecule has 178 valence electrons. The molecule has 2 heterocycles. The molecule has 0 spiro atoms. The fourth-order valence-electron chi connectivity index (χ4n) is 3.79. The maximum absolute atomic E-state index is 12.9. The molecule has 1 N–H and O–H groups in total. The number of anilines is 2. The van der Waals surface area contributed by atoms with Gasteiger partial charge < -0.3 is 15.0 Å². The zero-order valence-corrected chi connectivity index (χ0v) is 18.4. The van der Waals surface area contributed by atoms with Gasteiger partial charge in [0.2, 0.25) is 11.8 Å². The minimum absolute atomic E-state index is 0.0755. The van der Waals surface area contributed by atoms with Crippen molar-refractivity contribution < 1.29 is 27.5 Å². The largest absolute Gasteiger partial charge is 0.494 e. The van der Waals surface area contributed by atoms with Crippen LogP contribution in [0.4, 0.5) is 24.7 Å². The highest BCUT2D eigenvalue weighted by Crippen LogP contribution is 2.30. The second-order valence-corrected chi connectivity index (χ2v) is 7.89. The number of nitrogens with zero attached hydrogens (tertiary/aromatic N) is 3. The smallest absolute Gasteiger partial charge is 0.416 e. The number of nitrogens with one attached hydrogen (secondary N) is 1. The van der Waals surface area contributed by atoms with E-state index in [2.05, 4.69) is 10.4 Å². The van der Waals surface area contributed by atoms with Crippen LogP contribution in [-0.2, 0) is 22.3 Å². The van der Waals surface area contributed by atoms with Crippen LogP contribution in [0.1, 0.15) is 24.5 Å². The third kappa shape index (κ3) is 5.22. The van der Waals surface area contributed by atoms with E-state index >= 15 is 0 Å². The SMILES string of the molecule is CCOc1ccc(N2CC(C(=O)Nc3ccnn3Cc3ccc(C(F)(F)F)cc3)CC2=O)cc1. The Bertz CT molecular complexity index is 1160. The Balaban J connectivity index is 1.39. The van der Waals surface area contributed by atoms with Gasteiger partial charge in [0.15, 0.2) is 0 Å². The third-order valence-electron chi connectivity index (χ3n) is 5.54. The molecule has 7 nitrogen and oxygen atoms in total. The van der Waals surface area contributed by atoms with E-state index in [1.54, 1.807) is 35.2 Å². The summed E-state index contributed by atoms with van der Waals surface area (Å²) in [6, 6.07) is 13.5. The van der Waals surface area contributed by atoms with E-state index in [0.717, 1.165) is 12.1 Å². The van der Waals surface area contributed by atoms with Gasteiger partial charge in [0.1, 0.15) is 11.6 Å². The lowest BCUT2D eigenvalue weighted by Crippen LogP contribution is -2.28. The lowest BCUT2D eigenvalue weighted by molar-refractivity contribution is -0.137. The Morgan fingerprint density at radius 2 is 1.82 bits per heavy atom. The van der Waals surface area contributed by atoms with E-state index in [1.165, 1.54) is 23.0 Å². The van der Waals surface area contributed by atoms with Gasteiger partial charge in [0.05, 0.1) is 30.8 Å². The summed E-state index contributed by atoms with van der Waals surface area (Å²) in [6.45, 7) is 2.85. The van der Waals surface area contributed by atoms with E-state index < -0.39 is 17.7 Å². The number of alkyl halides is 3. The monoisotopic (exact) mass is 472 g/mol. The van der Waals surface area contributed by atoms with Crippen LogP contribution in [0.25, 0.3) is 0 Å². The van der Waals surface area contributed by atoms with Gasteiger partial charge in [0.25, 0.3) is 0 Å². The van der Waals surface area contributed by atoms with Crippen LogP contribution >= 0.6 is 0 Å². The van der Waals surface area contributed by atoms with Crippen molar-refractivity contribution in [3.05, 3.63) is 71.9 Å². The molecule has 1 saturated heterocycles. The van der Waals surface area contributed by atoms with E-state index in [4.69, 9.17) is 4.74 Å². The second-order valence-electron chi connectivity index (χ2n) is 7.89. The number of benzene rings is 2. The normalized spacial score (nSPS) is 16.1. The van der Waals surface area contributed by atoms with Crippen molar-refractivity contribution in [1.29, 1.82) is 0 Å². The minimum atomic E-state index is -4.40. The van der Waals surface area contributed by atoms with Crippen LogP contribution in [0.15, 0.2) is 60.8 Å². The van der Waals surface area contributed by atoms with Crippen molar-refractivity contribution in [2.75, 3.05) is 23.4 Å². The second kappa shape index (κ2) is 9.58. The number of rotatable bonds is 7. The molecule has 34 heavy (non-hydrogen) atoms. The van der Waals surface area contributed by atoms with Crippen molar-refractivity contribution in [1.82, 2.24) is 9.78 Å². The zero-order chi connectivity index (χ0) is 24.3. The first-order chi connectivity index (χ1) is 16.2. The van der Waals surface area contributed by atoms with Crippen molar-refractivity contribution in [3.8, 4) is 5.75 Å². The van der Waals surface area contributed by atoms with Crippen molar-refractivity contribution >= 4 is 23.3 Å². The number of ether oxygens (including phenoxy) is 1. The number of amides is 2. The highest BCUT2D eigenvalue weighted by molar-refractivity contribution is 6.03. The molecule has 0 radical (unpaired) electrons. The average molecular weight is 472 g/mol. The van der Waals surface area contributed by atoms with Gasteiger partial charge >= 0.3 is 6.18 Å². The summed E-state index contributed by atoms with van der Waals surface area (Å²) >= 11 is 0. The molecule has 0 bridgehead atoms. The fourth-order valence-corrected chi connectivity index (χ4v) is 3.79. The molecule has 3 aromatic rings. The molecule has 1 aromatic heterocycles. The minimum Gasteiger partial charge on any atom is -0.494 e. The Morgan fingerprint density at radius 3 is 2.47 bits per heavy atom. The highest BCUT2D eigenvalue weighted by Gasteiger charge is 2.35. The summed E-state index contributed by atoms with van der Waals surface area (Å²) in [5.74, 6) is 0.0809. The van der Waals surface area contributed by atoms with Crippen LogP contribution in [-0.4, -0.2) is 34.7 Å². The van der Waals surface area contributed by atoms with Crippen LogP contribution in [0.3, 0.4) is 0 Å². The highest BCUT2D eigenvalue weighted by atomic mass is 19.4. The third-order valence-corrected chi connectivity index (χ3v) is 5.54. The van der Waals surface area contributed by atoms with E-state index in [-0.39, 0.29) is 31.3 Å². The number of aromatic nitrogens is 2. The van der Waals surface area contributed by atoms with Gasteiger partial charge in [-0.15, -0.1) is 0 Å². The van der Waals surface area contributed by atoms with Crippen LogP contribution in [0, 0.1) is 5.92 Å². The summed E-state index contributed by atoms with van der Waals surface area (Å²) in [6.07, 6.45) is -2.83. The van der Waals surface area contributed by atoms with E-state index in [1.807, 2.05) is 6.92 Å². The molecule has 1 aliphatic rings. The first kappa shape index (κ1) is 23.3. The van der Waals surface area contributed by atoms with Crippen molar-refractivity contribution in [3.63, 3.8) is 0 Å². The van der Waals surface area contributed by atoms with Crippen LogP contribution in [0.5, 0.6) is 5.75 Å². The molecule has 2 aromatic carbocycles. The first-order valence-corrected chi connectivity index (χ1v) is 10.8. The van der Waals surface area contributed by atoms with Gasteiger partial charge in [-0.3, -0.25) is 9.59 Å². The average Bonchev–Trinajstić information content (AvgIpc) is 3.40. The summed E-state index contributed by atoms with van der Waals surface area (Å²) in [5.41, 5.74) is 0.564. The summed E-state index contributed by atoms with van der Waals surface area (Å²) < 4.78 is 45.2. The van der Waals surface area contributed by atoms with Crippen molar-refractivity contribution in [2.24, 2.45) is 5.92 Å². The lowest BCUT2D eigenvalue weighted by Gasteiger charge is -2.17. The summed E-state index contributed by atoms with van der Waals surface area (Å²) in [5, 5.41) is 6.94. The van der Waals surface area contributed by atoms with E-state index in [9.17, 15) is 22.8 Å². The fraction of sp³-hybridized carbons (Fsp3) is 0.292. The lowest BCUT2D eigenvalue weighted by atomic mass is 10.1. The Kier molecular flexibility index (Phi) is 6.58. The van der Waals surface area contributed by atoms with Gasteiger partial charge in [-0.2, -0.15) is 18.3 Å². The zero-order valence-electron chi connectivity index (χ0n) is 18.4. The van der Waals surface area contributed by atoms with Gasteiger partial charge in [-0.1, -0.05) is 12.1 Å². The van der Waals surface area contributed by atoms with Crippen LogP contribution in [0.2, 0.25) is 0 Å². The van der Waals surface area contributed by atoms with Gasteiger partial charge in [-0.25, -0.2) is 4.68 Å². The maximum Gasteiger partial charge on any atom is 0.416 e.